The van der Waals surface area contributed by atoms with Crippen LogP contribution in [0.3, 0.4) is 0 Å². The molecule has 143 heavy (non-hydrogen) atoms. The van der Waals surface area contributed by atoms with Gasteiger partial charge in [-0.2, -0.15) is 0 Å². The van der Waals surface area contributed by atoms with E-state index < -0.39 is 7.12 Å². The Morgan fingerprint density at radius 1 is 0.217 bits per heavy atom. The van der Waals surface area contributed by atoms with Crippen LogP contribution in [0.2, 0.25) is 15.1 Å². The van der Waals surface area contributed by atoms with E-state index in [0.717, 1.165) is 58.2 Å². The molecule has 3 N–H and O–H groups in total. The van der Waals surface area contributed by atoms with Crippen LogP contribution in [0.1, 0.15) is 0 Å². The predicted octanol–water partition coefficient (Wildman–Crippen LogP) is 36.5. The first kappa shape index (κ1) is 91.8. The van der Waals surface area contributed by atoms with E-state index in [1.165, 1.54) is 180 Å². The highest BCUT2D eigenvalue weighted by molar-refractivity contribution is 9.10. The van der Waals surface area contributed by atoms with Crippen molar-refractivity contribution >= 4 is 262 Å². The Kier molecular flexibility index (Phi) is 26.1. The van der Waals surface area contributed by atoms with Gasteiger partial charge in [-0.05, 0) is 279 Å². The van der Waals surface area contributed by atoms with Gasteiger partial charge < -0.3 is 33.4 Å². The van der Waals surface area contributed by atoms with Crippen molar-refractivity contribution in [2.24, 2.45) is 0 Å². The van der Waals surface area contributed by atoms with Gasteiger partial charge in [-0.15, -0.1) is 45.3 Å². The summed E-state index contributed by atoms with van der Waals surface area (Å²) >= 11 is 29.1. The molecule has 0 fully saturated rings. The first-order valence-electron chi connectivity index (χ1n) is 46.8. The molecule has 0 saturated heterocycles. The fraction of sp³-hybridized carbons (Fsp3) is 0. The minimum atomic E-state index is -1.46. The minimum absolute atomic E-state index is 0.503. The molecule has 17 heteroatoms. The summed E-state index contributed by atoms with van der Waals surface area (Å²) < 4.78 is 23.3. The number of benzene rings is 21. The number of nitrogens with zero attached hydrogens (tertiary/aromatic N) is 3. The molecule has 0 atom stereocenters. The largest absolute Gasteiger partial charge is 0.569 e. The van der Waals surface area contributed by atoms with E-state index in [4.69, 9.17) is 44.5 Å². The second-order valence-corrected chi connectivity index (χ2v) is 41.4. The van der Waals surface area contributed by atoms with Gasteiger partial charge in [0.25, 0.3) is 0 Å². The van der Waals surface area contributed by atoms with Crippen LogP contribution in [0.25, 0.3) is 219 Å². The van der Waals surface area contributed by atoms with Crippen molar-refractivity contribution < 1.29 is 19.7 Å². The summed E-state index contributed by atoms with van der Waals surface area (Å²) in [6, 6.07) is 167. The van der Waals surface area contributed by atoms with Crippen LogP contribution in [0.4, 0.5) is 0 Å². The topological polar surface area (TPSA) is 84.7 Å². The van der Waals surface area contributed by atoms with Gasteiger partial charge in [0.05, 0.1) is 33.1 Å². The molecule has 0 amide bonds. The van der Waals surface area contributed by atoms with Crippen LogP contribution in [0, 0.1) is 0 Å². The van der Waals surface area contributed by atoms with Crippen molar-refractivity contribution in [3.8, 4) is 78.4 Å². The molecule has 0 aliphatic rings. The van der Waals surface area contributed by atoms with E-state index in [1.807, 2.05) is 155 Å². The van der Waals surface area contributed by atoms with E-state index >= 15 is 0 Å². The maximum Gasteiger partial charge on any atom is 0.569 e. The molecule has 0 unspecified atom stereocenters. The SMILES string of the molecule is Clc1ccc2sc3ccc(-c4ccc5c(c4)c4ccccc4n5-c4ccccc4)cc3c2c1.Clc1ccc2sc3ccc(Br)cc3c2c1.Clc1ccc2sc3ccccc3c2c1.OB(O)c1ccc2c(c1)c1ccccc1n2-c1ccccc1.O[B]Oc1cccc(-c2ccccc2)c1.c1ccc(-c2cccc(-c3ccc4sc5ccc(-c6ccc7c(c6)c6ccccc6n7-c6ccccc6)cc5c4c3)c2)cc1. The highest BCUT2D eigenvalue weighted by atomic mass is 79.9. The zero-order valence-electron chi connectivity index (χ0n) is 76.5. The molecule has 21 aromatic carbocycles. The molecule has 0 saturated carbocycles. The molecule has 0 aliphatic carbocycles. The molecule has 0 aliphatic heterocycles. The third-order valence-electron chi connectivity index (χ3n) is 26.1. The van der Waals surface area contributed by atoms with Crippen LogP contribution in [0.15, 0.2) is 484 Å². The van der Waals surface area contributed by atoms with E-state index in [0.29, 0.717) is 18.9 Å². The molecule has 7 aromatic heterocycles. The Balaban J connectivity index is 0.000000101. The standard InChI is InChI=1S/C42H27NS.C30H18ClNS.C18H14BNO2.C12H10BO2.C12H6BrClS.C12H7ClS/c1-3-10-28(11-4-1)29-12-9-13-30(24-29)32-19-22-41-37(26-32)38-27-33(20-23-42(38)44-41)31-18-21-40-36(25-31)35-16-7-8-17-39(35)43(40)34-14-5-2-6-15-34;31-21-12-15-30-26(18-21)25-17-20(11-14-29(25)33-30)19-10-13-28-24(16-19)23-8-4-5-9-27(23)32(28)22-6-2-1-3-7-22;21-19(22)13-10-11-18-16(12-13)15-8-4-5-9-17(15)20(18)14-6-2-1-3-7-14;14-13-15-12-8-4-7-11(9-12)10-5-2-1-3-6-10;13-7-1-3-11-9(5-7)10-6-8(14)2-4-12(10)15-11;13-8-5-6-12-10(7-8)9-3-1-2-4-11(9)14-12/h1-27H;1-18H;1-12,21-22H;1-9,14H;1-6H;1-7H. The quantitative estimate of drug-likeness (QED) is 0.113. The van der Waals surface area contributed by atoms with E-state index in [-0.39, 0.29) is 0 Å². The third kappa shape index (κ3) is 18.7. The second kappa shape index (κ2) is 40.6. The van der Waals surface area contributed by atoms with Gasteiger partial charge in [-0.3, -0.25) is 0 Å². The molecule has 0 spiro atoms. The fourth-order valence-corrected chi connectivity index (χ4v) is 24.6. The highest BCUT2D eigenvalue weighted by Crippen LogP contribution is 2.46. The van der Waals surface area contributed by atoms with Crippen LogP contribution < -0.4 is 10.1 Å². The molecule has 1 radical (unpaired) electrons. The molecule has 28 aromatic rings. The number of hydrogen-bond donors (Lipinski definition) is 3. The van der Waals surface area contributed by atoms with E-state index in [1.54, 1.807) is 23.5 Å². The van der Waals surface area contributed by atoms with Crippen LogP contribution >= 0.6 is 96.1 Å². The first-order chi connectivity index (χ1) is 70.3. The molecule has 7 nitrogen and oxygen atoms in total. The van der Waals surface area contributed by atoms with E-state index in [9.17, 15) is 10.0 Å². The molecule has 0 bridgehead atoms. The maximum atomic E-state index is 9.43. The van der Waals surface area contributed by atoms with Crippen molar-refractivity contribution in [1.29, 1.82) is 0 Å². The Labute approximate surface area is 865 Å². The van der Waals surface area contributed by atoms with Gasteiger partial charge in [0, 0.05) is 150 Å². The molecular weight excluding hydrogens is 1960 g/mol. The van der Waals surface area contributed by atoms with Gasteiger partial charge in [-0.25, -0.2) is 0 Å². The van der Waals surface area contributed by atoms with Crippen LogP contribution in [-0.4, -0.2) is 43.6 Å². The summed E-state index contributed by atoms with van der Waals surface area (Å²) in [7, 11) is -0.771. The van der Waals surface area contributed by atoms with Crippen molar-refractivity contribution in [2.75, 3.05) is 0 Å². The Hall–Kier alpha value is -14.9. The minimum Gasteiger partial charge on any atom is -0.537 e. The number of aromatic nitrogens is 3. The predicted molar refractivity (Wildman–Crippen MR) is 622 cm³/mol. The first-order valence-corrected chi connectivity index (χ1v) is 52.0. The lowest BCUT2D eigenvalue weighted by Gasteiger charge is -2.08. The maximum absolute atomic E-state index is 9.43. The number of rotatable bonds is 11. The molecular formula is C126H82B2BrCl3N3O4S4. The average molecular weight is 2040 g/mol. The Morgan fingerprint density at radius 3 is 0.895 bits per heavy atom. The summed E-state index contributed by atoms with van der Waals surface area (Å²) in [6.07, 6.45) is 0. The lowest BCUT2D eigenvalue weighted by Crippen LogP contribution is -2.29. The second-order valence-electron chi connectivity index (χ2n) is 34.8. The van der Waals surface area contributed by atoms with Gasteiger partial charge in [0.15, 0.2) is 0 Å². The van der Waals surface area contributed by atoms with E-state index in [2.05, 4.69) is 375 Å². The smallest absolute Gasteiger partial charge is 0.537 e. The number of fused-ring (bicyclic) bond motifs is 21. The molecule has 683 valence electrons. The summed E-state index contributed by atoms with van der Waals surface area (Å²) in [4.78, 5) is 0. The summed E-state index contributed by atoms with van der Waals surface area (Å²) in [5, 5.41) is 47.2. The number of para-hydroxylation sites is 6. The van der Waals surface area contributed by atoms with Crippen LogP contribution in [0.5, 0.6) is 5.75 Å². The Bertz CT molecular complexity index is 9570. The monoisotopic (exact) mass is 2030 g/mol. The van der Waals surface area contributed by atoms with Gasteiger partial charge >= 0.3 is 14.8 Å². The lowest BCUT2D eigenvalue weighted by atomic mass is 9.80. The summed E-state index contributed by atoms with van der Waals surface area (Å²) in [6.45, 7) is 0. The van der Waals surface area contributed by atoms with Gasteiger partial charge in [0.1, 0.15) is 5.75 Å². The third-order valence-corrected chi connectivity index (χ3v) is 31.9. The van der Waals surface area contributed by atoms with Gasteiger partial charge in [0.2, 0.25) is 0 Å². The molecule has 28 rings (SSSR count). The Morgan fingerprint density at radius 2 is 0.490 bits per heavy atom. The van der Waals surface area contributed by atoms with Crippen LogP contribution in [-0.2, 0) is 0 Å². The summed E-state index contributed by atoms with van der Waals surface area (Å²) in [5.41, 5.74) is 23.1. The normalized spacial score (nSPS) is 11.3. The van der Waals surface area contributed by atoms with Crippen molar-refractivity contribution in [3.63, 3.8) is 0 Å². The van der Waals surface area contributed by atoms with Crippen molar-refractivity contribution in [2.45, 2.75) is 0 Å². The van der Waals surface area contributed by atoms with Gasteiger partial charge in [-0.1, -0.05) is 312 Å². The average Bonchev–Trinajstić information content (AvgIpc) is 1.59. The zero-order valence-corrected chi connectivity index (χ0v) is 83.6. The lowest BCUT2D eigenvalue weighted by molar-refractivity contribution is 0.426. The molecule has 7 heterocycles. The number of hydrogen-bond acceptors (Lipinski definition) is 8. The van der Waals surface area contributed by atoms with Crippen molar-refractivity contribution in [3.05, 3.63) is 499 Å². The summed E-state index contributed by atoms with van der Waals surface area (Å²) in [5.74, 6) is 0.624. The number of halogens is 4. The fourth-order valence-electron chi connectivity index (χ4n) is 19.5. The van der Waals surface area contributed by atoms with Crippen molar-refractivity contribution in [1.82, 2.24) is 13.7 Å². The number of thiophene rings is 4. The zero-order chi connectivity index (χ0) is 96.5. The highest BCUT2D eigenvalue weighted by Gasteiger charge is 2.21.